The molecule has 0 saturated carbocycles. The van der Waals surface area contributed by atoms with Gasteiger partial charge in [-0.15, -0.1) is 0 Å². The van der Waals surface area contributed by atoms with Crippen molar-refractivity contribution in [3.63, 3.8) is 0 Å². The van der Waals surface area contributed by atoms with E-state index in [9.17, 15) is 9.59 Å². The number of hydrogen-bond acceptors (Lipinski definition) is 5. The number of nitrogens with two attached hydrogens (primary N) is 1. The van der Waals surface area contributed by atoms with E-state index in [1.54, 1.807) is 28.0 Å². The van der Waals surface area contributed by atoms with Crippen LogP contribution in [0.25, 0.3) is 0 Å². The molecule has 0 aromatic heterocycles. The summed E-state index contributed by atoms with van der Waals surface area (Å²) < 4.78 is 9.87. The van der Waals surface area contributed by atoms with Crippen LogP contribution in [0.4, 0.5) is 10.5 Å². The van der Waals surface area contributed by atoms with Gasteiger partial charge in [-0.2, -0.15) is 0 Å². The summed E-state index contributed by atoms with van der Waals surface area (Å²) >= 11 is 0. The van der Waals surface area contributed by atoms with Crippen molar-refractivity contribution < 1.29 is 19.1 Å². The lowest BCUT2D eigenvalue weighted by molar-refractivity contribution is 0.0597. The number of methoxy groups -OCH3 is 2. The number of hydrogen-bond donors (Lipinski definition) is 1. The maximum Gasteiger partial charge on any atom is 0.409 e. The lowest BCUT2D eigenvalue weighted by Gasteiger charge is -2.34. The third kappa shape index (κ3) is 3.18. The Morgan fingerprint density at radius 2 is 1.71 bits per heavy atom. The Labute approximate surface area is 123 Å². The quantitative estimate of drug-likeness (QED) is 0.815. The zero-order chi connectivity index (χ0) is 15.4. The summed E-state index contributed by atoms with van der Waals surface area (Å²) in [6.07, 6.45) is -0.368. The molecule has 2 N–H and O–H groups in total. The summed E-state index contributed by atoms with van der Waals surface area (Å²) in [7, 11) is 2.85. The minimum Gasteiger partial charge on any atom is -0.496 e. The van der Waals surface area contributed by atoms with Gasteiger partial charge in [0.1, 0.15) is 5.75 Å². The maximum absolute atomic E-state index is 12.5. The van der Waals surface area contributed by atoms with Crippen molar-refractivity contribution in [2.45, 2.75) is 0 Å². The molecule has 1 heterocycles. The Morgan fingerprint density at radius 1 is 1.10 bits per heavy atom. The molecule has 1 aromatic rings. The van der Waals surface area contributed by atoms with Gasteiger partial charge in [-0.1, -0.05) is 0 Å². The molecule has 1 saturated heterocycles. The molecule has 0 unspecified atom stereocenters. The number of nitrogen functional groups attached to an aromatic ring is 1. The highest BCUT2D eigenvalue weighted by Crippen LogP contribution is 2.23. The minimum absolute atomic E-state index is 0.128. The number of carbonyl (C=O) groups excluding carboxylic acids is 2. The summed E-state index contributed by atoms with van der Waals surface area (Å²) in [6, 6.07) is 4.95. The molecule has 0 radical (unpaired) electrons. The van der Waals surface area contributed by atoms with Crippen molar-refractivity contribution >= 4 is 17.7 Å². The first-order valence-electron chi connectivity index (χ1n) is 6.62. The van der Waals surface area contributed by atoms with Crippen LogP contribution < -0.4 is 10.5 Å². The van der Waals surface area contributed by atoms with Gasteiger partial charge < -0.3 is 25.0 Å². The molecule has 114 valence electrons. The van der Waals surface area contributed by atoms with Gasteiger partial charge in [0, 0.05) is 37.9 Å². The highest BCUT2D eigenvalue weighted by molar-refractivity contribution is 5.97. The van der Waals surface area contributed by atoms with Gasteiger partial charge in [0.05, 0.1) is 19.8 Å². The van der Waals surface area contributed by atoms with Crippen LogP contribution in [0.5, 0.6) is 5.75 Å². The van der Waals surface area contributed by atoms with Crippen LogP contribution in [0.1, 0.15) is 10.4 Å². The van der Waals surface area contributed by atoms with Crippen molar-refractivity contribution in [2.75, 3.05) is 46.1 Å². The van der Waals surface area contributed by atoms with E-state index in [1.807, 2.05) is 0 Å². The van der Waals surface area contributed by atoms with Crippen molar-refractivity contribution in [1.29, 1.82) is 0 Å². The Hall–Kier alpha value is -2.44. The van der Waals surface area contributed by atoms with E-state index in [0.29, 0.717) is 43.2 Å². The molecule has 7 heteroatoms. The average molecular weight is 293 g/mol. The minimum atomic E-state index is -0.368. The third-order valence-electron chi connectivity index (χ3n) is 3.46. The first kappa shape index (κ1) is 15.0. The van der Waals surface area contributed by atoms with Crippen LogP contribution >= 0.6 is 0 Å². The number of carbonyl (C=O) groups is 2. The highest BCUT2D eigenvalue weighted by Gasteiger charge is 2.26. The number of nitrogens with zero attached hydrogens (tertiary/aromatic N) is 2. The number of benzene rings is 1. The van der Waals surface area contributed by atoms with E-state index >= 15 is 0 Å². The molecule has 2 rings (SSSR count). The molecule has 0 spiro atoms. The van der Waals surface area contributed by atoms with Crippen LogP contribution in [0, 0.1) is 0 Å². The fourth-order valence-electron chi connectivity index (χ4n) is 2.28. The number of ether oxygens (including phenoxy) is 2. The zero-order valence-electron chi connectivity index (χ0n) is 12.2. The molecule has 7 nitrogen and oxygen atoms in total. The summed E-state index contributed by atoms with van der Waals surface area (Å²) in [4.78, 5) is 27.2. The Balaban J connectivity index is 2.07. The number of rotatable bonds is 2. The van der Waals surface area contributed by atoms with Crippen LogP contribution in [-0.2, 0) is 4.74 Å². The van der Waals surface area contributed by atoms with E-state index in [0.717, 1.165) is 0 Å². The third-order valence-corrected chi connectivity index (χ3v) is 3.46. The van der Waals surface area contributed by atoms with Gasteiger partial charge in [-0.25, -0.2) is 4.79 Å². The summed E-state index contributed by atoms with van der Waals surface area (Å²) in [5, 5.41) is 0. The van der Waals surface area contributed by atoms with E-state index in [2.05, 4.69) is 4.74 Å². The van der Waals surface area contributed by atoms with Gasteiger partial charge >= 0.3 is 6.09 Å². The lowest BCUT2D eigenvalue weighted by Crippen LogP contribution is -2.50. The first-order chi connectivity index (χ1) is 10.1. The number of amides is 2. The van der Waals surface area contributed by atoms with E-state index in [1.165, 1.54) is 14.2 Å². The standard InChI is InChI=1S/C14H19N3O4/c1-20-12-9-10(15)3-4-11(12)13(18)16-5-7-17(8-6-16)14(19)21-2/h3-4,9H,5-8,15H2,1-2H3. The fraction of sp³-hybridized carbons (Fsp3) is 0.429. The van der Waals surface area contributed by atoms with Crippen LogP contribution in [0.2, 0.25) is 0 Å². The van der Waals surface area contributed by atoms with Crippen LogP contribution in [-0.4, -0.2) is 62.2 Å². The topological polar surface area (TPSA) is 85.1 Å². The summed E-state index contributed by atoms with van der Waals surface area (Å²) in [6.45, 7) is 1.83. The molecule has 1 fully saturated rings. The molecule has 0 bridgehead atoms. The summed E-state index contributed by atoms with van der Waals surface area (Å²) in [5.74, 6) is 0.326. The van der Waals surface area contributed by atoms with Crippen molar-refractivity contribution in [3.8, 4) is 5.75 Å². The lowest BCUT2D eigenvalue weighted by atomic mass is 10.1. The first-order valence-corrected chi connectivity index (χ1v) is 6.62. The monoisotopic (exact) mass is 293 g/mol. The highest BCUT2D eigenvalue weighted by atomic mass is 16.5. The molecule has 1 aliphatic heterocycles. The largest absolute Gasteiger partial charge is 0.496 e. The van der Waals surface area contributed by atoms with Crippen LogP contribution in [0.15, 0.2) is 18.2 Å². The van der Waals surface area contributed by atoms with Crippen molar-refractivity contribution in [2.24, 2.45) is 0 Å². The summed E-state index contributed by atoms with van der Waals surface area (Å²) in [5.41, 5.74) is 6.70. The molecule has 1 aliphatic rings. The molecule has 21 heavy (non-hydrogen) atoms. The van der Waals surface area contributed by atoms with E-state index < -0.39 is 0 Å². The van der Waals surface area contributed by atoms with Gasteiger partial charge in [0.25, 0.3) is 5.91 Å². The maximum atomic E-state index is 12.5. The number of anilines is 1. The molecule has 2 amide bonds. The second-order valence-electron chi connectivity index (χ2n) is 4.71. The smallest absolute Gasteiger partial charge is 0.409 e. The van der Waals surface area contributed by atoms with Gasteiger partial charge in [0.15, 0.2) is 0 Å². The normalized spacial score (nSPS) is 14.8. The van der Waals surface area contributed by atoms with Gasteiger partial charge in [-0.3, -0.25) is 4.79 Å². The van der Waals surface area contributed by atoms with E-state index in [4.69, 9.17) is 10.5 Å². The second kappa shape index (κ2) is 6.34. The Kier molecular flexibility index (Phi) is 4.52. The van der Waals surface area contributed by atoms with Crippen LogP contribution in [0.3, 0.4) is 0 Å². The molecule has 1 aromatic carbocycles. The van der Waals surface area contributed by atoms with Gasteiger partial charge in [0.2, 0.25) is 0 Å². The Bertz CT molecular complexity index is 539. The Morgan fingerprint density at radius 3 is 2.29 bits per heavy atom. The van der Waals surface area contributed by atoms with Crippen molar-refractivity contribution in [3.05, 3.63) is 23.8 Å². The fourth-order valence-corrected chi connectivity index (χ4v) is 2.28. The molecular weight excluding hydrogens is 274 g/mol. The molecule has 0 atom stereocenters. The van der Waals surface area contributed by atoms with Gasteiger partial charge in [-0.05, 0) is 12.1 Å². The molecule has 0 aliphatic carbocycles. The zero-order valence-corrected chi connectivity index (χ0v) is 12.2. The predicted molar refractivity (Wildman–Crippen MR) is 77.3 cm³/mol. The van der Waals surface area contributed by atoms with Crippen molar-refractivity contribution in [1.82, 2.24) is 9.80 Å². The average Bonchev–Trinajstić information content (AvgIpc) is 2.53. The number of piperazine rings is 1. The second-order valence-corrected chi connectivity index (χ2v) is 4.71. The molecular formula is C14H19N3O4. The predicted octanol–water partition coefficient (Wildman–Crippen LogP) is 0.802. The SMILES string of the molecule is COC(=O)N1CCN(C(=O)c2ccc(N)cc2OC)CC1. The van der Waals surface area contributed by atoms with E-state index in [-0.39, 0.29) is 12.0 Å².